The molecular formula is C11H11F3N2O3. The first-order valence-corrected chi connectivity index (χ1v) is 5.25. The number of halogens is 3. The zero-order valence-electron chi connectivity index (χ0n) is 9.98. The molecule has 0 amide bonds. The molecule has 1 aromatic rings. The van der Waals surface area contributed by atoms with Gasteiger partial charge in [-0.1, -0.05) is 6.08 Å². The zero-order valence-corrected chi connectivity index (χ0v) is 9.98. The summed E-state index contributed by atoms with van der Waals surface area (Å²) < 4.78 is 43.3. The van der Waals surface area contributed by atoms with Crippen LogP contribution < -0.4 is 4.74 Å². The summed E-state index contributed by atoms with van der Waals surface area (Å²) >= 11 is 0. The number of rotatable bonds is 5. The summed E-state index contributed by atoms with van der Waals surface area (Å²) in [5, 5.41) is 10.5. The average Bonchev–Trinajstić information content (AvgIpc) is 2.27. The molecule has 104 valence electrons. The Morgan fingerprint density at radius 1 is 1.63 bits per heavy atom. The van der Waals surface area contributed by atoms with Crippen molar-refractivity contribution in [3.05, 3.63) is 40.6 Å². The molecule has 8 heteroatoms. The van der Waals surface area contributed by atoms with Crippen LogP contribution in [-0.2, 0) is 6.18 Å². The average molecular weight is 276 g/mol. The second-order valence-electron chi connectivity index (χ2n) is 3.75. The summed E-state index contributed by atoms with van der Waals surface area (Å²) in [4.78, 5) is 12.9. The van der Waals surface area contributed by atoms with Gasteiger partial charge >= 0.3 is 6.18 Å². The van der Waals surface area contributed by atoms with Crippen molar-refractivity contribution in [3.63, 3.8) is 0 Å². The molecule has 0 spiro atoms. The molecular weight excluding hydrogens is 265 g/mol. The Hall–Kier alpha value is -2.12. The molecule has 1 aromatic heterocycles. The number of alkyl halides is 3. The first-order chi connectivity index (χ1) is 8.75. The Balaban J connectivity index is 3.16. The largest absolute Gasteiger partial charge is 0.474 e. The van der Waals surface area contributed by atoms with Crippen LogP contribution in [0.4, 0.5) is 18.9 Å². The Bertz CT molecular complexity index is 489. The number of hydrogen-bond donors (Lipinski definition) is 0. The third-order valence-corrected chi connectivity index (χ3v) is 2.16. The maximum atomic E-state index is 12.8. The lowest BCUT2D eigenvalue weighted by Crippen LogP contribution is -2.16. The molecule has 19 heavy (non-hydrogen) atoms. The van der Waals surface area contributed by atoms with Crippen molar-refractivity contribution in [1.29, 1.82) is 0 Å². The Labute approximate surface area is 106 Å². The predicted octanol–water partition coefficient (Wildman–Crippen LogP) is 3.35. The summed E-state index contributed by atoms with van der Waals surface area (Å²) in [5.41, 5.74) is -2.01. The molecule has 0 N–H and O–H groups in total. The fourth-order valence-corrected chi connectivity index (χ4v) is 1.31. The van der Waals surface area contributed by atoms with Gasteiger partial charge < -0.3 is 4.74 Å². The molecule has 1 heterocycles. The molecule has 0 saturated heterocycles. The first kappa shape index (κ1) is 14.9. The lowest BCUT2D eigenvalue weighted by molar-refractivity contribution is -0.385. The standard InChI is InChI=1S/C11H11F3N2O3/c1-3-4-7(2)19-10-9(11(12,13)14)5-8(6-15-10)16(17)18/h3,5-7H,1,4H2,2H3/t7-/m1/s1. The lowest BCUT2D eigenvalue weighted by Gasteiger charge is -2.16. The van der Waals surface area contributed by atoms with Crippen molar-refractivity contribution < 1.29 is 22.8 Å². The van der Waals surface area contributed by atoms with Crippen molar-refractivity contribution >= 4 is 5.69 Å². The van der Waals surface area contributed by atoms with Gasteiger partial charge in [0.25, 0.3) is 5.69 Å². The minimum Gasteiger partial charge on any atom is -0.474 e. The Morgan fingerprint density at radius 2 is 2.26 bits per heavy atom. The summed E-state index contributed by atoms with van der Waals surface area (Å²) in [6.07, 6.45) is -2.79. The highest BCUT2D eigenvalue weighted by molar-refractivity contribution is 5.39. The highest BCUT2D eigenvalue weighted by atomic mass is 19.4. The molecule has 0 aliphatic rings. The quantitative estimate of drug-likeness (QED) is 0.470. The number of nitrogens with zero attached hydrogens (tertiary/aromatic N) is 2. The number of ether oxygens (including phenoxy) is 1. The number of nitro groups is 1. The van der Waals surface area contributed by atoms with Crippen LogP contribution in [0.3, 0.4) is 0 Å². The van der Waals surface area contributed by atoms with E-state index in [1.165, 1.54) is 6.08 Å². The molecule has 0 aliphatic heterocycles. The van der Waals surface area contributed by atoms with E-state index < -0.39 is 34.3 Å². The molecule has 0 bridgehead atoms. The summed E-state index contributed by atoms with van der Waals surface area (Å²) in [7, 11) is 0. The summed E-state index contributed by atoms with van der Waals surface area (Å²) in [6.45, 7) is 4.99. The molecule has 0 saturated carbocycles. The van der Waals surface area contributed by atoms with Crippen LogP contribution in [-0.4, -0.2) is 16.0 Å². The van der Waals surface area contributed by atoms with E-state index in [0.717, 1.165) is 6.20 Å². The molecule has 0 unspecified atom stereocenters. The van der Waals surface area contributed by atoms with Crippen molar-refractivity contribution in [2.24, 2.45) is 0 Å². The second kappa shape index (κ2) is 5.68. The van der Waals surface area contributed by atoms with Crippen molar-refractivity contribution in [3.8, 4) is 5.88 Å². The van der Waals surface area contributed by atoms with Crippen molar-refractivity contribution in [1.82, 2.24) is 4.98 Å². The third-order valence-electron chi connectivity index (χ3n) is 2.16. The maximum absolute atomic E-state index is 12.8. The van der Waals surface area contributed by atoms with E-state index in [1.54, 1.807) is 6.92 Å². The van der Waals surface area contributed by atoms with Gasteiger partial charge in [-0.15, -0.1) is 6.58 Å². The van der Waals surface area contributed by atoms with E-state index in [1.807, 2.05) is 0 Å². The SMILES string of the molecule is C=CC[C@@H](C)Oc1ncc([N+](=O)[O-])cc1C(F)(F)F. The van der Waals surface area contributed by atoms with Gasteiger partial charge in [-0.3, -0.25) is 10.1 Å². The minimum atomic E-state index is -4.78. The van der Waals surface area contributed by atoms with Gasteiger partial charge in [0.2, 0.25) is 5.88 Å². The van der Waals surface area contributed by atoms with Crippen LogP contribution >= 0.6 is 0 Å². The maximum Gasteiger partial charge on any atom is 0.421 e. The molecule has 0 radical (unpaired) electrons. The molecule has 0 aromatic carbocycles. The lowest BCUT2D eigenvalue weighted by atomic mass is 10.2. The van der Waals surface area contributed by atoms with Gasteiger partial charge in [0.05, 0.1) is 4.92 Å². The van der Waals surface area contributed by atoms with E-state index in [4.69, 9.17) is 4.74 Å². The third kappa shape index (κ3) is 3.94. The van der Waals surface area contributed by atoms with E-state index in [0.29, 0.717) is 12.5 Å². The smallest absolute Gasteiger partial charge is 0.421 e. The van der Waals surface area contributed by atoms with E-state index in [-0.39, 0.29) is 0 Å². The van der Waals surface area contributed by atoms with Crippen molar-refractivity contribution in [2.45, 2.75) is 25.6 Å². The zero-order chi connectivity index (χ0) is 14.6. The van der Waals surface area contributed by atoms with Gasteiger partial charge in [0, 0.05) is 12.5 Å². The van der Waals surface area contributed by atoms with Crippen LogP contribution in [0.2, 0.25) is 0 Å². The monoisotopic (exact) mass is 276 g/mol. The van der Waals surface area contributed by atoms with Crippen LogP contribution in [0, 0.1) is 10.1 Å². The van der Waals surface area contributed by atoms with Gasteiger partial charge in [-0.25, -0.2) is 4.98 Å². The molecule has 1 atom stereocenters. The molecule has 0 fully saturated rings. The van der Waals surface area contributed by atoms with Crippen LogP contribution in [0.25, 0.3) is 0 Å². The fraction of sp³-hybridized carbons (Fsp3) is 0.364. The van der Waals surface area contributed by atoms with Gasteiger partial charge in [-0.2, -0.15) is 13.2 Å². The van der Waals surface area contributed by atoms with Crippen molar-refractivity contribution in [2.75, 3.05) is 0 Å². The summed E-state index contributed by atoms with van der Waals surface area (Å²) in [6, 6.07) is 0.406. The summed E-state index contributed by atoms with van der Waals surface area (Å²) in [5.74, 6) is -0.674. The highest BCUT2D eigenvalue weighted by Crippen LogP contribution is 2.37. The number of aromatic nitrogens is 1. The molecule has 0 aliphatic carbocycles. The normalized spacial score (nSPS) is 12.8. The highest BCUT2D eigenvalue weighted by Gasteiger charge is 2.37. The Kier molecular flexibility index (Phi) is 4.47. The van der Waals surface area contributed by atoms with Crippen LogP contribution in [0.1, 0.15) is 18.9 Å². The van der Waals surface area contributed by atoms with Gasteiger partial charge in [-0.05, 0) is 6.92 Å². The number of hydrogen-bond acceptors (Lipinski definition) is 4. The van der Waals surface area contributed by atoms with E-state index in [9.17, 15) is 23.3 Å². The van der Waals surface area contributed by atoms with E-state index in [2.05, 4.69) is 11.6 Å². The Morgan fingerprint density at radius 3 is 2.74 bits per heavy atom. The topological polar surface area (TPSA) is 65.3 Å². The number of pyridine rings is 1. The first-order valence-electron chi connectivity index (χ1n) is 5.25. The predicted molar refractivity (Wildman–Crippen MR) is 60.8 cm³/mol. The van der Waals surface area contributed by atoms with Gasteiger partial charge in [0.1, 0.15) is 17.9 Å². The van der Waals surface area contributed by atoms with Crippen LogP contribution in [0.5, 0.6) is 5.88 Å². The van der Waals surface area contributed by atoms with E-state index >= 15 is 0 Å². The van der Waals surface area contributed by atoms with Crippen LogP contribution in [0.15, 0.2) is 24.9 Å². The van der Waals surface area contributed by atoms with Gasteiger partial charge in [0.15, 0.2) is 0 Å². The second-order valence-corrected chi connectivity index (χ2v) is 3.75. The minimum absolute atomic E-state index is 0.329. The molecule has 1 rings (SSSR count). The fourth-order valence-electron chi connectivity index (χ4n) is 1.31. The molecule has 5 nitrogen and oxygen atoms in total.